The Morgan fingerprint density at radius 3 is 2.45 bits per heavy atom. The zero-order valence-corrected chi connectivity index (χ0v) is 18.1. The van der Waals surface area contributed by atoms with Gasteiger partial charge >= 0.3 is 0 Å². The molecular weight excluding hydrogens is 390 g/mol. The van der Waals surface area contributed by atoms with E-state index >= 15 is 0 Å². The number of Topliss-reactive ketones (excluding diaryl/α,β-unsaturated/α-hetero) is 1. The van der Waals surface area contributed by atoms with E-state index in [0.717, 1.165) is 10.4 Å². The average Bonchev–Trinajstić information content (AvgIpc) is 3.24. The first kappa shape index (κ1) is 21.5. The lowest BCUT2D eigenvalue weighted by molar-refractivity contribution is 0.101. The molecule has 0 saturated carbocycles. The molecule has 1 aliphatic rings. The molecule has 3 rings (SSSR count). The number of fused-ring (bicyclic) bond motifs is 1. The molecule has 2 aromatic rings. The number of ketones is 1. The summed E-state index contributed by atoms with van der Waals surface area (Å²) in [5.74, 6) is 0.725. The Morgan fingerprint density at radius 2 is 1.86 bits per heavy atom. The monoisotopic (exact) mass is 417 g/mol. The van der Waals surface area contributed by atoms with E-state index in [9.17, 15) is 9.90 Å². The summed E-state index contributed by atoms with van der Waals surface area (Å²) in [6, 6.07) is 3.65. The second kappa shape index (κ2) is 9.54. The zero-order chi connectivity index (χ0) is 21.0. The summed E-state index contributed by atoms with van der Waals surface area (Å²) in [7, 11) is 3.31. The molecule has 1 aromatic heterocycles. The Balaban J connectivity index is 1.95. The van der Waals surface area contributed by atoms with Crippen molar-refractivity contribution in [2.24, 2.45) is 0 Å². The molecule has 156 valence electrons. The minimum Gasteiger partial charge on any atom is -0.507 e. The van der Waals surface area contributed by atoms with E-state index in [1.165, 1.54) is 0 Å². The lowest BCUT2D eigenvalue weighted by atomic mass is 9.99. The Labute approximate surface area is 175 Å². The molecule has 6 nitrogen and oxygen atoms in total. The van der Waals surface area contributed by atoms with Gasteiger partial charge in [-0.15, -0.1) is 11.3 Å². The van der Waals surface area contributed by atoms with Crippen LogP contribution in [0, 0.1) is 13.8 Å². The van der Waals surface area contributed by atoms with Crippen molar-refractivity contribution in [3.8, 4) is 11.5 Å². The van der Waals surface area contributed by atoms with Crippen LogP contribution in [0.3, 0.4) is 0 Å². The summed E-state index contributed by atoms with van der Waals surface area (Å²) >= 11 is 1.56. The van der Waals surface area contributed by atoms with Gasteiger partial charge in [0.1, 0.15) is 11.5 Å². The third-order valence-corrected chi connectivity index (χ3v) is 5.96. The van der Waals surface area contributed by atoms with Crippen LogP contribution in [0.25, 0.3) is 6.08 Å². The molecule has 29 heavy (non-hydrogen) atoms. The Morgan fingerprint density at radius 1 is 1.17 bits per heavy atom. The number of thiophene rings is 1. The van der Waals surface area contributed by atoms with Crippen molar-refractivity contribution in [2.75, 3.05) is 40.5 Å². The molecule has 0 spiro atoms. The number of allylic oxidation sites excluding steroid dienone is 1. The van der Waals surface area contributed by atoms with Crippen molar-refractivity contribution >= 4 is 23.2 Å². The maximum atomic E-state index is 13.0. The number of phenolic OH excluding ortho intramolecular Hbond substituents is 1. The van der Waals surface area contributed by atoms with Crippen LogP contribution in [0.4, 0.5) is 0 Å². The number of aryl methyl sites for hydroxylation is 2. The third-order valence-electron chi connectivity index (χ3n) is 4.99. The number of nitrogens with zero attached hydrogens (tertiary/aromatic N) is 1. The van der Waals surface area contributed by atoms with Crippen molar-refractivity contribution in [2.45, 2.75) is 20.4 Å². The summed E-state index contributed by atoms with van der Waals surface area (Å²) < 4.78 is 16.4. The molecule has 7 heteroatoms. The van der Waals surface area contributed by atoms with Gasteiger partial charge in [0, 0.05) is 44.8 Å². The summed E-state index contributed by atoms with van der Waals surface area (Å²) in [5.41, 5.74) is 2.94. The first-order valence-corrected chi connectivity index (χ1v) is 10.4. The lowest BCUT2D eigenvalue weighted by Crippen LogP contribution is -2.30. The molecule has 0 radical (unpaired) electrons. The highest BCUT2D eigenvalue weighted by Gasteiger charge is 2.33. The molecule has 0 saturated heterocycles. The van der Waals surface area contributed by atoms with Crippen LogP contribution in [-0.2, 0) is 16.0 Å². The van der Waals surface area contributed by atoms with Gasteiger partial charge in [0.05, 0.1) is 24.3 Å². The van der Waals surface area contributed by atoms with E-state index in [1.54, 1.807) is 37.7 Å². The van der Waals surface area contributed by atoms with Crippen molar-refractivity contribution in [1.82, 2.24) is 4.90 Å². The highest BCUT2D eigenvalue weighted by atomic mass is 32.1. The standard InChI is InChI=1S/C22H27NO5S/c1-14-5-10-29-19(14)12-18-21(25)20-15(2)11-17(24)16(22(20)28-18)13-23(6-8-26-3)7-9-27-4/h5,10-12,24H,6-9,13H2,1-4H3/b18-12+. The van der Waals surface area contributed by atoms with Crippen LogP contribution >= 0.6 is 11.3 Å². The number of rotatable bonds is 9. The van der Waals surface area contributed by atoms with Gasteiger partial charge in [0.2, 0.25) is 5.78 Å². The predicted molar refractivity (Wildman–Crippen MR) is 114 cm³/mol. The fourth-order valence-corrected chi connectivity index (χ4v) is 4.17. The molecule has 1 N–H and O–H groups in total. The molecule has 0 atom stereocenters. The number of benzene rings is 1. The van der Waals surface area contributed by atoms with Crippen LogP contribution in [0.15, 0.2) is 23.3 Å². The van der Waals surface area contributed by atoms with Gasteiger partial charge < -0.3 is 19.3 Å². The van der Waals surface area contributed by atoms with Crippen molar-refractivity contribution in [1.29, 1.82) is 0 Å². The molecule has 1 aromatic carbocycles. The largest absolute Gasteiger partial charge is 0.507 e. The number of hydrogen-bond acceptors (Lipinski definition) is 7. The van der Waals surface area contributed by atoms with Gasteiger partial charge in [-0.1, -0.05) is 0 Å². The fourth-order valence-electron chi connectivity index (χ4n) is 3.32. The van der Waals surface area contributed by atoms with Crippen molar-refractivity contribution in [3.05, 3.63) is 50.4 Å². The summed E-state index contributed by atoms with van der Waals surface area (Å²) in [4.78, 5) is 16.1. The molecule has 0 amide bonds. The number of hydrogen-bond donors (Lipinski definition) is 1. The highest BCUT2D eigenvalue weighted by molar-refractivity contribution is 7.11. The number of carbonyl (C=O) groups is 1. The Hall–Kier alpha value is -2.19. The molecule has 0 aliphatic carbocycles. The smallest absolute Gasteiger partial charge is 0.232 e. The molecule has 2 heterocycles. The summed E-state index contributed by atoms with van der Waals surface area (Å²) in [5, 5.41) is 12.6. The number of methoxy groups -OCH3 is 2. The average molecular weight is 418 g/mol. The van der Waals surface area contributed by atoms with Gasteiger partial charge in [0.25, 0.3) is 0 Å². The van der Waals surface area contributed by atoms with E-state index in [1.807, 2.05) is 25.3 Å². The Kier molecular flexibility index (Phi) is 7.08. The summed E-state index contributed by atoms with van der Waals surface area (Å²) in [6.45, 7) is 6.71. The normalized spacial score (nSPS) is 14.7. The van der Waals surface area contributed by atoms with E-state index in [4.69, 9.17) is 14.2 Å². The van der Waals surface area contributed by atoms with Crippen LogP contribution in [0.1, 0.15) is 31.9 Å². The summed E-state index contributed by atoms with van der Waals surface area (Å²) in [6.07, 6.45) is 1.79. The first-order valence-electron chi connectivity index (χ1n) is 9.50. The van der Waals surface area contributed by atoms with Gasteiger partial charge in [-0.05, 0) is 42.5 Å². The molecule has 0 bridgehead atoms. The van der Waals surface area contributed by atoms with Crippen molar-refractivity contribution < 1.29 is 24.1 Å². The number of ether oxygens (including phenoxy) is 3. The van der Waals surface area contributed by atoms with Gasteiger partial charge in [-0.3, -0.25) is 9.69 Å². The minimum atomic E-state index is -0.146. The van der Waals surface area contributed by atoms with E-state index in [-0.39, 0.29) is 11.5 Å². The van der Waals surface area contributed by atoms with Gasteiger partial charge in [0.15, 0.2) is 5.76 Å². The topological polar surface area (TPSA) is 68.2 Å². The number of aromatic hydroxyl groups is 1. The highest BCUT2D eigenvalue weighted by Crippen LogP contribution is 2.42. The Bertz CT molecular complexity index is 910. The molecule has 0 fully saturated rings. The second-order valence-corrected chi connectivity index (χ2v) is 8.01. The number of carbonyl (C=O) groups excluding carboxylic acids is 1. The SMILES string of the molecule is COCCN(CCOC)Cc1c(O)cc(C)c2c1O/C(=C/c1sccc1C)C2=O. The van der Waals surface area contributed by atoms with Crippen LogP contribution in [0.5, 0.6) is 11.5 Å². The van der Waals surface area contributed by atoms with Gasteiger partial charge in [-0.25, -0.2) is 0 Å². The first-order chi connectivity index (χ1) is 14.0. The molecule has 1 aliphatic heterocycles. The van der Waals surface area contributed by atoms with E-state index in [2.05, 4.69) is 4.90 Å². The quantitative estimate of drug-likeness (QED) is 0.626. The molecule has 0 unspecified atom stereocenters. The number of phenols is 1. The van der Waals surface area contributed by atoms with Crippen LogP contribution < -0.4 is 4.74 Å². The van der Waals surface area contributed by atoms with E-state index < -0.39 is 0 Å². The lowest BCUT2D eigenvalue weighted by Gasteiger charge is -2.23. The second-order valence-electron chi connectivity index (χ2n) is 7.06. The zero-order valence-electron chi connectivity index (χ0n) is 17.3. The predicted octanol–water partition coefficient (Wildman–Crippen LogP) is 3.78. The third kappa shape index (κ3) is 4.70. The maximum absolute atomic E-state index is 13.0. The molecular formula is C22H27NO5S. The van der Waals surface area contributed by atoms with Crippen LogP contribution in [-0.4, -0.2) is 56.3 Å². The van der Waals surface area contributed by atoms with Gasteiger partial charge in [-0.2, -0.15) is 0 Å². The van der Waals surface area contributed by atoms with Crippen LogP contribution in [0.2, 0.25) is 0 Å². The van der Waals surface area contributed by atoms with E-state index in [0.29, 0.717) is 61.0 Å². The van der Waals surface area contributed by atoms with Crippen molar-refractivity contribution in [3.63, 3.8) is 0 Å². The fraction of sp³-hybridized carbons (Fsp3) is 0.409. The minimum absolute atomic E-state index is 0.127. The maximum Gasteiger partial charge on any atom is 0.232 e.